The van der Waals surface area contributed by atoms with Crippen LogP contribution in [-0.2, 0) is 20.4 Å². The molecule has 0 spiro atoms. The number of rotatable bonds is 8. The minimum absolute atomic E-state index is 0.120. The molecule has 0 saturated carbocycles. The van der Waals surface area contributed by atoms with Gasteiger partial charge in [0, 0.05) is 16.7 Å². The van der Waals surface area contributed by atoms with Gasteiger partial charge >= 0.3 is 6.09 Å². The van der Waals surface area contributed by atoms with Gasteiger partial charge in [-0.05, 0) is 18.4 Å². The maximum absolute atomic E-state index is 11.7. The third-order valence-corrected chi connectivity index (χ3v) is 3.83. The fraction of sp³-hybridized carbons (Fsp3) is 0.357. The summed E-state index contributed by atoms with van der Waals surface area (Å²) in [6, 6.07) is 8.58. The van der Waals surface area contributed by atoms with Crippen molar-refractivity contribution in [1.82, 2.24) is 5.32 Å². The largest absolute Gasteiger partial charge is 0.445 e. The van der Waals surface area contributed by atoms with Crippen LogP contribution >= 0.6 is 10.7 Å². The van der Waals surface area contributed by atoms with Crippen molar-refractivity contribution in [1.29, 1.82) is 0 Å². The number of hydrogen-bond acceptors (Lipinski definition) is 4. The number of allylic oxidation sites excluding steroid dienone is 1. The van der Waals surface area contributed by atoms with E-state index in [9.17, 15) is 13.2 Å². The van der Waals surface area contributed by atoms with Gasteiger partial charge in [0.15, 0.2) is 0 Å². The van der Waals surface area contributed by atoms with Crippen LogP contribution in [0.15, 0.2) is 43.0 Å². The van der Waals surface area contributed by atoms with E-state index >= 15 is 0 Å². The van der Waals surface area contributed by atoms with Gasteiger partial charge in [0.05, 0.1) is 5.75 Å². The number of nitrogens with one attached hydrogen (secondary N) is 1. The molecule has 0 bridgehead atoms. The van der Waals surface area contributed by atoms with Crippen LogP contribution in [0.25, 0.3) is 0 Å². The van der Waals surface area contributed by atoms with Gasteiger partial charge in [-0.1, -0.05) is 36.4 Å². The summed E-state index contributed by atoms with van der Waals surface area (Å²) in [5.74, 6) is -0.344. The van der Waals surface area contributed by atoms with Crippen molar-refractivity contribution in [3.63, 3.8) is 0 Å². The molecule has 7 heteroatoms. The molecular weight excluding hydrogens is 314 g/mol. The van der Waals surface area contributed by atoms with Crippen molar-refractivity contribution in [2.24, 2.45) is 0 Å². The highest BCUT2D eigenvalue weighted by Gasteiger charge is 2.19. The fourth-order valence-electron chi connectivity index (χ4n) is 1.69. The Balaban J connectivity index is 2.49. The summed E-state index contributed by atoms with van der Waals surface area (Å²) in [6.07, 6.45) is 1.96. The number of amides is 1. The van der Waals surface area contributed by atoms with Crippen LogP contribution in [0, 0.1) is 0 Å². The van der Waals surface area contributed by atoms with Crippen LogP contribution in [0.2, 0.25) is 0 Å². The second-order valence-corrected chi connectivity index (χ2v) is 7.30. The van der Waals surface area contributed by atoms with E-state index in [1.54, 1.807) is 6.08 Å². The molecule has 0 heterocycles. The zero-order valence-corrected chi connectivity index (χ0v) is 13.1. The van der Waals surface area contributed by atoms with Gasteiger partial charge in [-0.2, -0.15) is 0 Å². The van der Waals surface area contributed by atoms with E-state index in [1.165, 1.54) is 0 Å². The number of ether oxygens (including phenoxy) is 1. The van der Waals surface area contributed by atoms with E-state index in [0.29, 0.717) is 12.8 Å². The second-order valence-electron chi connectivity index (χ2n) is 4.47. The molecule has 0 aliphatic carbocycles. The molecule has 1 atom stereocenters. The van der Waals surface area contributed by atoms with E-state index in [0.717, 1.165) is 5.56 Å². The molecule has 1 aromatic rings. The number of benzene rings is 1. The smallest absolute Gasteiger partial charge is 0.407 e. The van der Waals surface area contributed by atoms with Crippen LogP contribution in [-0.4, -0.2) is 26.3 Å². The van der Waals surface area contributed by atoms with Crippen LogP contribution in [0.4, 0.5) is 4.79 Å². The monoisotopic (exact) mass is 331 g/mol. The first-order valence-electron chi connectivity index (χ1n) is 6.41. The number of carbonyl (C=O) groups is 1. The molecule has 1 amide bonds. The molecule has 0 aromatic heterocycles. The van der Waals surface area contributed by atoms with Crippen molar-refractivity contribution in [3.8, 4) is 0 Å². The topological polar surface area (TPSA) is 72.5 Å². The Labute approximate surface area is 129 Å². The molecule has 1 rings (SSSR count). The first-order chi connectivity index (χ1) is 9.90. The zero-order valence-electron chi connectivity index (χ0n) is 11.5. The maximum Gasteiger partial charge on any atom is 0.407 e. The van der Waals surface area contributed by atoms with Gasteiger partial charge in [-0.25, -0.2) is 13.2 Å². The minimum atomic E-state index is -3.70. The lowest BCUT2D eigenvalue weighted by Crippen LogP contribution is -2.39. The van der Waals surface area contributed by atoms with E-state index < -0.39 is 21.2 Å². The lowest BCUT2D eigenvalue weighted by Gasteiger charge is -2.16. The number of halogens is 1. The summed E-state index contributed by atoms with van der Waals surface area (Å²) < 4.78 is 27.3. The lowest BCUT2D eigenvalue weighted by molar-refractivity contribution is 0.136. The average molecular weight is 332 g/mol. The maximum atomic E-state index is 11.7. The van der Waals surface area contributed by atoms with E-state index in [4.69, 9.17) is 15.4 Å². The molecule has 0 aliphatic heterocycles. The Hall–Kier alpha value is -1.53. The molecule has 0 saturated heterocycles. The van der Waals surface area contributed by atoms with Crippen molar-refractivity contribution in [2.45, 2.75) is 25.5 Å². The van der Waals surface area contributed by atoms with Gasteiger partial charge in [0.25, 0.3) is 0 Å². The van der Waals surface area contributed by atoms with Crippen LogP contribution in [0.1, 0.15) is 18.4 Å². The van der Waals surface area contributed by atoms with Crippen molar-refractivity contribution >= 4 is 25.8 Å². The Kier molecular flexibility index (Phi) is 7.25. The predicted octanol–water partition coefficient (Wildman–Crippen LogP) is 2.82. The quantitative estimate of drug-likeness (QED) is 0.587. The summed E-state index contributed by atoms with van der Waals surface area (Å²) >= 11 is 0. The first-order valence-corrected chi connectivity index (χ1v) is 8.89. The first kappa shape index (κ1) is 17.5. The third-order valence-electron chi connectivity index (χ3n) is 2.65. The number of carbonyl (C=O) groups excluding carboxylic acids is 1. The summed E-state index contributed by atoms with van der Waals surface area (Å²) in [5.41, 5.74) is 0.847. The molecule has 0 aliphatic rings. The second kappa shape index (κ2) is 8.69. The lowest BCUT2D eigenvalue weighted by atomic mass is 10.2. The Morgan fingerprint density at radius 1 is 1.38 bits per heavy atom. The Morgan fingerprint density at radius 3 is 2.62 bits per heavy atom. The molecule has 0 radical (unpaired) electrons. The summed E-state index contributed by atoms with van der Waals surface area (Å²) in [5, 5.41) is 2.51. The summed E-state index contributed by atoms with van der Waals surface area (Å²) in [4.78, 5) is 11.7. The summed E-state index contributed by atoms with van der Waals surface area (Å²) in [7, 11) is 1.52. The van der Waals surface area contributed by atoms with E-state index in [-0.39, 0.29) is 12.4 Å². The minimum Gasteiger partial charge on any atom is -0.445 e. The molecule has 1 unspecified atom stereocenters. The SMILES string of the molecule is C=CCCC(CS(=O)(=O)Cl)NC(=O)OCc1ccccc1. The van der Waals surface area contributed by atoms with E-state index in [2.05, 4.69) is 11.9 Å². The average Bonchev–Trinajstić information content (AvgIpc) is 2.42. The third kappa shape index (κ3) is 8.37. The van der Waals surface area contributed by atoms with Gasteiger partial charge < -0.3 is 10.1 Å². The van der Waals surface area contributed by atoms with Gasteiger partial charge in [0.1, 0.15) is 6.61 Å². The molecule has 21 heavy (non-hydrogen) atoms. The van der Waals surface area contributed by atoms with Gasteiger partial charge in [0.2, 0.25) is 9.05 Å². The molecule has 5 nitrogen and oxygen atoms in total. The molecule has 1 aromatic carbocycles. The van der Waals surface area contributed by atoms with Gasteiger partial charge in [-0.15, -0.1) is 6.58 Å². The highest BCUT2D eigenvalue weighted by molar-refractivity contribution is 8.13. The van der Waals surface area contributed by atoms with Crippen molar-refractivity contribution < 1.29 is 17.9 Å². The number of hydrogen-bond donors (Lipinski definition) is 1. The van der Waals surface area contributed by atoms with Crippen molar-refractivity contribution in [3.05, 3.63) is 48.6 Å². The molecule has 0 fully saturated rings. The van der Waals surface area contributed by atoms with Crippen molar-refractivity contribution in [2.75, 3.05) is 5.75 Å². The van der Waals surface area contributed by atoms with Crippen LogP contribution in [0.3, 0.4) is 0 Å². The van der Waals surface area contributed by atoms with Crippen LogP contribution < -0.4 is 5.32 Å². The summed E-state index contributed by atoms with van der Waals surface area (Å²) in [6.45, 7) is 3.68. The van der Waals surface area contributed by atoms with Crippen LogP contribution in [0.5, 0.6) is 0 Å². The van der Waals surface area contributed by atoms with Gasteiger partial charge in [-0.3, -0.25) is 0 Å². The zero-order chi connectivity index (χ0) is 15.7. The normalized spacial score (nSPS) is 12.4. The standard InChI is InChI=1S/C14H18ClNO4S/c1-2-3-9-13(11-21(15,18)19)16-14(17)20-10-12-7-5-4-6-8-12/h2,4-8,13H,1,3,9-11H2,(H,16,17). The number of alkyl carbamates (subject to hydrolysis) is 1. The van der Waals surface area contributed by atoms with E-state index in [1.807, 2.05) is 30.3 Å². The molecule has 1 N–H and O–H groups in total. The highest BCUT2D eigenvalue weighted by Crippen LogP contribution is 2.07. The molecular formula is C14H18ClNO4S. The highest BCUT2D eigenvalue weighted by atomic mass is 35.7. The Bertz CT molecular complexity index is 560. The fourth-order valence-corrected chi connectivity index (χ4v) is 2.87. The predicted molar refractivity (Wildman–Crippen MR) is 82.6 cm³/mol. The molecule has 116 valence electrons. The Morgan fingerprint density at radius 2 is 2.05 bits per heavy atom.